The first-order valence-corrected chi connectivity index (χ1v) is 26.3. The molecular weight excluding hydrogens is 1040 g/mol. The minimum Gasteiger partial charge on any atom is -0.508 e. The van der Waals surface area contributed by atoms with Gasteiger partial charge < -0.3 is 79.3 Å². The van der Waals surface area contributed by atoms with Gasteiger partial charge in [-0.3, -0.25) is 43.3 Å². The molecule has 9 atom stereocenters. The number of phenols is 1. The van der Waals surface area contributed by atoms with Gasteiger partial charge in [-0.25, -0.2) is 9.78 Å². The van der Waals surface area contributed by atoms with Gasteiger partial charge in [0, 0.05) is 56.6 Å². The van der Waals surface area contributed by atoms with E-state index in [-0.39, 0.29) is 63.3 Å². The Hall–Kier alpha value is -8.81. The number of phenolic OH excluding ortho intramolecular Hbond substituents is 1. The lowest BCUT2D eigenvalue weighted by Crippen LogP contribution is -2.62. The number of nitrogens with zero attached hydrogens (tertiary/aromatic N) is 3. The summed E-state index contributed by atoms with van der Waals surface area (Å²) in [4.78, 5) is 137. The molecule has 0 spiro atoms. The van der Waals surface area contributed by atoms with Gasteiger partial charge >= 0.3 is 11.9 Å². The molecule has 2 aromatic heterocycles. The van der Waals surface area contributed by atoms with Gasteiger partial charge in [-0.1, -0.05) is 76.6 Å². The Morgan fingerprint density at radius 1 is 0.725 bits per heavy atom. The SMILES string of the molecule is CC[C@H](C)[C@H](NC(=O)[C@H](Cc1ccc(O)cc1)NC(=O)[C@@H](NC(=O)[C@H](CCCN=C(N)N)NC(=O)[C@@H](N)CC(=O)O)C(C)C)C(=O)N[C@@H](Cc1cnc[nH]1)C(=O)N1CCC[C@H]1C(=O)N[C@@H](Cc1ccccc1)C(=O)O.c1cc[nH]c1. The number of aromatic hydroxyl groups is 1. The van der Waals surface area contributed by atoms with E-state index in [1.165, 1.54) is 41.7 Å². The van der Waals surface area contributed by atoms with E-state index < -0.39 is 120 Å². The molecule has 0 radical (unpaired) electrons. The summed E-state index contributed by atoms with van der Waals surface area (Å²) >= 11 is 0. The Bertz CT molecular complexity index is 2650. The fourth-order valence-corrected chi connectivity index (χ4v) is 8.59. The molecule has 0 saturated carbocycles. The second kappa shape index (κ2) is 32.2. The molecule has 4 aromatic rings. The van der Waals surface area contributed by atoms with Gasteiger partial charge in [-0.2, -0.15) is 0 Å². The topological polar surface area (TPSA) is 425 Å². The number of carbonyl (C=O) groups excluding carboxylic acids is 7. The van der Waals surface area contributed by atoms with Crippen molar-refractivity contribution in [3.8, 4) is 5.75 Å². The normalized spacial score (nSPS) is 15.8. The molecule has 1 aliphatic rings. The zero-order valence-corrected chi connectivity index (χ0v) is 45.3. The second-order valence-electron chi connectivity index (χ2n) is 19.8. The molecule has 17 N–H and O–H groups in total. The number of aromatic amines is 2. The summed E-state index contributed by atoms with van der Waals surface area (Å²) in [7, 11) is 0. The largest absolute Gasteiger partial charge is 0.508 e. The Morgan fingerprint density at radius 2 is 1.32 bits per heavy atom. The van der Waals surface area contributed by atoms with Crippen molar-refractivity contribution in [1.82, 2.24) is 51.8 Å². The Kier molecular flexibility index (Phi) is 25.6. The number of amides is 7. The van der Waals surface area contributed by atoms with Crippen molar-refractivity contribution in [2.75, 3.05) is 13.1 Å². The summed E-state index contributed by atoms with van der Waals surface area (Å²) in [5.74, 6) is -9.64. The van der Waals surface area contributed by atoms with Crippen LogP contribution in [0.1, 0.15) is 83.0 Å². The Morgan fingerprint density at radius 3 is 1.90 bits per heavy atom. The van der Waals surface area contributed by atoms with E-state index in [9.17, 15) is 58.5 Å². The average Bonchev–Trinajstić information content (AvgIpc) is 4.30. The molecule has 2 aromatic carbocycles. The third-order valence-corrected chi connectivity index (χ3v) is 13.2. The van der Waals surface area contributed by atoms with Crippen molar-refractivity contribution in [3.05, 3.63) is 108 Å². The first kappa shape index (κ1) is 63.7. The van der Waals surface area contributed by atoms with Gasteiger partial charge in [0.1, 0.15) is 48.0 Å². The molecule has 80 heavy (non-hydrogen) atoms. The highest BCUT2D eigenvalue weighted by Gasteiger charge is 2.41. The Balaban J connectivity index is 0.00000260. The molecule has 5 rings (SSSR count). The number of aromatic nitrogens is 3. The predicted octanol–water partition coefficient (Wildman–Crippen LogP) is -0.300. The zero-order valence-electron chi connectivity index (χ0n) is 45.3. The maximum Gasteiger partial charge on any atom is 0.326 e. The molecule has 1 aliphatic heterocycles. The van der Waals surface area contributed by atoms with Crippen LogP contribution in [0.15, 0.2) is 96.6 Å². The first-order chi connectivity index (χ1) is 38.1. The van der Waals surface area contributed by atoms with E-state index in [1.807, 2.05) is 24.5 Å². The number of benzene rings is 2. The van der Waals surface area contributed by atoms with Gasteiger partial charge in [0.15, 0.2) is 5.96 Å². The number of nitrogens with two attached hydrogens (primary N) is 3. The number of carbonyl (C=O) groups is 9. The quantitative estimate of drug-likeness (QED) is 0.0189. The monoisotopic (exact) mass is 1110 g/mol. The number of carboxylic acid groups (broad SMARTS) is 2. The third kappa shape index (κ3) is 20.9. The minimum atomic E-state index is -1.51. The molecule has 26 heteroatoms. The Labute approximate surface area is 463 Å². The fraction of sp³-hybridized carbons (Fsp3) is 0.463. The lowest BCUT2D eigenvalue weighted by molar-refractivity contribution is -0.145. The van der Waals surface area contributed by atoms with Crippen LogP contribution in [0.3, 0.4) is 0 Å². The molecule has 26 nitrogen and oxygen atoms in total. The average molecular weight is 1110 g/mol. The number of likely N-dealkylation sites (tertiary alicyclic amines) is 1. The van der Waals surface area contributed by atoms with Crippen molar-refractivity contribution < 1.29 is 58.5 Å². The van der Waals surface area contributed by atoms with E-state index in [1.54, 1.807) is 58.0 Å². The standard InChI is InChI=1S/C50H71N13O12.C4H5N/c1-5-28(4)41(47(72)59-36(23-31-25-54-26-56-31)48(73)63-20-10-14-38(63)45(70)60-37(49(74)75)22-29-11-7-6-8-12-29)62-44(69)35(21-30-15-17-32(64)18-16-30)58-46(71)40(27(2)3)61-43(68)34(13-9-19-55-50(52)53)57-42(67)33(51)24-39(65)66;1-2-4-5-3-1/h6-8,11-12,15-18,25-28,33-38,40-41,64H,5,9-10,13-14,19-24,51H2,1-4H3,(H,54,56)(H,57,67)(H,58,71)(H,59,72)(H,60,70)(H,61,68)(H,62,69)(H,65,66)(H,74,75)(H4,52,53,55);1-5H/t28-,33-,34-,35-,36-,37-,38-,40-,41-;/m0./s1. The number of H-pyrrole nitrogens is 2. The maximum absolute atomic E-state index is 14.6. The van der Waals surface area contributed by atoms with Crippen molar-refractivity contribution >= 4 is 59.2 Å². The minimum absolute atomic E-state index is 0.00211. The van der Waals surface area contributed by atoms with E-state index in [2.05, 4.69) is 51.8 Å². The molecule has 434 valence electrons. The molecule has 7 amide bonds. The molecule has 0 unspecified atom stereocenters. The predicted molar refractivity (Wildman–Crippen MR) is 293 cm³/mol. The zero-order chi connectivity index (χ0) is 58.9. The van der Waals surface area contributed by atoms with Crippen LogP contribution < -0.4 is 49.1 Å². The van der Waals surface area contributed by atoms with E-state index in [0.717, 1.165) is 0 Å². The number of hydrogen-bond acceptors (Lipinski definition) is 13. The lowest BCUT2D eigenvalue weighted by Gasteiger charge is -2.32. The number of rotatable bonds is 29. The highest BCUT2D eigenvalue weighted by Crippen LogP contribution is 2.21. The third-order valence-electron chi connectivity index (χ3n) is 13.2. The molecule has 0 bridgehead atoms. The van der Waals surface area contributed by atoms with Crippen LogP contribution >= 0.6 is 0 Å². The van der Waals surface area contributed by atoms with Gasteiger partial charge in [0.25, 0.3) is 0 Å². The molecular formula is C54H76N14O12. The maximum atomic E-state index is 14.6. The van der Waals surface area contributed by atoms with Crippen LogP contribution in [0.2, 0.25) is 0 Å². The summed E-state index contributed by atoms with van der Waals surface area (Å²) in [6.07, 6.45) is 6.67. The van der Waals surface area contributed by atoms with Crippen molar-refractivity contribution in [2.45, 2.75) is 134 Å². The van der Waals surface area contributed by atoms with Crippen LogP contribution in [-0.2, 0) is 62.4 Å². The van der Waals surface area contributed by atoms with E-state index >= 15 is 0 Å². The highest BCUT2D eigenvalue weighted by molar-refractivity contribution is 5.98. The van der Waals surface area contributed by atoms with Gasteiger partial charge in [-0.15, -0.1) is 0 Å². The summed E-state index contributed by atoms with van der Waals surface area (Å²) in [5, 5.41) is 45.1. The number of aliphatic imine (C=N–C) groups is 1. The lowest BCUT2D eigenvalue weighted by atomic mass is 9.96. The summed E-state index contributed by atoms with van der Waals surface area (Å²) in [5.41, 5.74) is 18.2. The number of hydrogen-bond donors (Lipinski definition) is 14. The molecule has 0 aliphatic carbocycles. The van der Waals surface area contributed by atoms with Crippen molar-refractivity contribution in [2.24, 2.45) is 34.0 Å². The smallest absolute Gasteiger partial charge is 0.326 e. The molecule has 3 heterocycles. The van der Waals surface area contributed by atoms with Crippen LogP contribution in [0.4, 0.5) is 0 Å². The van der Waals surface area contributed by atoms with E-state index in [4.69, 9.17) is 17.2 Å². The summed E-state index contributed by atoms with van der Waals surface area (Å²) in [6.45, 7) is 6.90. The number of guanidine groups is 1. The van der Waals surface area contributed by atoms with Crippen LogP contribution in [0, 0.1) is 11.8 Å². The number of carboxylic acids is 2. The summed E-state index contributed by atoms with van der Waals surface area (Å²) < 4.78 is 0. The van der Waals surface area contributed by atoms with Gasteiger partial charge in [0.05, 0.1) is 18.8 Å². The first-order valence-electron chi connectivity index (χ1n) is 26.3. The molecule has 1 saturated heterocycles. The highest BCUT2D eigenvalue weighted by atomic mass is 16.4. The van der Waals surface area contributed by atoms with Crippen molar-refractivity contribution in [3.63, 3.8) is 0 Å². The number of nitrogens with one attached hydrogen (secondary N) is 8. The van der Waals surface area contributed by atoms with Crippen LogP contribution in [-0.4, -0.2) is 156 Å². The van der Waals surface area contributed by atoms with Crippen molar-refractivity contribution in [1.29, 1.82) is 0 Å². The van der Waals surface area contributed by atoms with E-state index in [0.29, 0.717) is 29.7 Å². The van der Waals surface area contributed by atoms with Gasteiger partial charge in [-0.05, 0) is 72.9 Å². The van der Waals surface area contributed by atoms with Crippen LogP contribution in [0.25, 0.3) is 0 Å². The molecule has 1 fully saturated rings. The fourth-order valence-electron chi connectivity index (χ4n) is 8.59. The van der Waals surface area contributed by atoms with Crippen LogP contribution in [0.5, 0.6) is 5.75 Å². The number of imidazole rings is 1. The van der Waals surface area contributed by atoms with Gasteiger partial charge in [0.2, 0.25) is 41.4 Å². The second-order valence-corrected chi connectivity index (χ2v) is 19.8. The number of aliphatic carboxylic acids is 2. The summed E-state index contributed by atoms with van der Waals surface area (Å²) in [6, 6.07) is 7.84.